The normalized spacial score (nSPS) is 11.4. The number of aromatic nitrogens is 1. The Hall–Kier alpha value is -2.41. The van der Waals surface area contributed by atoms with Crippen molar-refractivity contribution in [2.75, 3.05) is 0 Å². The van der Waals surface area contributed by atoms with Crippen molar-refractivity contribution < 1.29 is 0 Å². The van der Waals surface area contributed by atoms with E-state index in [1.54, 1.807) is 0 Å². The molecule has 0 amide bonds. The van der Waals surface area contributed by atoms with E-state index in [4.69, 9.17) is 0 Å². The van der Waals surface area contributed by atoms with E-state index in [1.165, 1.54) is 16.7 Å². The second kappa shape index (κ2) is 5.76. The van der Waals surface area contributed by atoms with Crippen molar-refractivity contribution in [1.82, 2.24) is 4.98 Å². The Kier molecular flexibility index (Phi) is 3.81. The van der Waals surface area contributed by atoms with Crippen LogP contribution < -0.4 is 0 Å². The Bertz CT molecular complexity index is 750. The molecule has 0 spiro atoms. The van der Waals surface area contributed by atoms with E-state index in [-0.39, 0.29) is 5.41 Å². The summed E-state index contributed by atoms with van der Waals surface area (Å²) in [7, 11) is 0. The SMILES string of the molecule is CC(C)(C)c1ccccc1-c1ccc(-c2ccccc2)nc1. The van der Waals surface area contributed by atoms with Gasteiger partial charge >= 0.3 is 0 Å². The molecule has 1 heterocycles. The molecule has 0 saturated carbocycles. The first kappa shape index (κ1) is 14.5. The molecular weight excluding hydrogens is 266 g/mol. The lowest BCUT2D eigenvalue weighted by molar-refractivity contribution is 0.592. The standard InChI is InChI=1S/C21H21N/c1-21(2,3)19-12-8-7-11-18(19)17-13-14-20(22-15-17)16-9-5-4-6-10-16/h4-15H,1-3H3. The Balaban J connectivity index is 2.01. The van der Waals surface area contributed by atoms with Crippen molar-refractivity contribution in [1.29, 1.82) is 0 Å². The molecule has 0 radical (unpaired) electrons. The van der Waals surface area contributed by atoms with Gasteiger partial charge in [-0.15, -0.1) is 0 Å². The lowest BCUT2D eigenvalue weighted by Gasteiger charge is -2.23. The molecular formula is C21H21N. The summed E-state index contributed by atoms with van der Waals surface area (Å²) in [5.41, 5.74) is 6.07. The van der Waals surface area contributed by atoms with Gasteiger partial charge in [-0.05, 0) is 22.6 Å². The van der Waals surface area contributed by atoms with E-state index < -0.39 is 0 Å². The molecule has 110 valence electrons. The molecule has 0 aliphatic heterocycles. The Morgan fingerprint density at radius 2 is 1.36 bits per heavy atom. The highest BCUT2D eigenvalue weighted by Gasteiger charge is 2.18. The van der Waals surface area contributed by atoms with Crippen LogP contribution in [0.15, 0.2) is 72.9 Å². The van der Waals surface area contributed by atoms with Gasteiger partial charge in [-0.2, -0.15) is 0 Å². The first-order valence-electron chi connectivity index (χ1n) is 7.67. The van der Waals surface area contributed by atoms with Gasteiger partial charge in [0.25, 0.3) is 0 Å². The van der Waals surface area contributed by atoms with E-state index in [0.29, 0.717) is 0 Å². The minimum Gasteiger partial charge on any atom is -0.256 e. The fourth-order valence-corrected chi connectivity index (χ4v) is 2.72. The predicted octanol–water partition coefficient (Wildman–Crippen LogP) is 5.71. The number of pyridine rings is 1. The minimum absolute atomic E-state index is 0.120. The van der Waals surface area contributed by atoms with Crippen molar-refractivity contribution in [3.05, 3.63) is 78.5 Å². The van der Waals surface area contributed by atoms with Gasteiger partial charge < -0.3 is 0 Å². The lowest BCUT2D eigenvalue weighted by Crippen LogP contribution is -2.12. The molecule has 3 aromatic rings. The van der Waals surface area contributed by atoms with Crippen LogP contribution in [-0.4, -0.2) is 4.98 Å². The van der Waals surface area contributed by atoms with Gasteiger partial charge in [0.15, 0.2) is 0 Å². The summed E-state index contributed by atoms with van der Waals surface area (Å²) in [5.74, 6) is 0. The van der Waals surface area contributed by atoms with Crippen LogP contribution in [0.3, 0.4) is 0 Å². The third kappa shape index (κ3) is 2.94. The van der Waals surface area contributed by atoms with Gasteiger partial charge in [0, 0.05) is 17.3 Å². The van der Waals surface area contributed by atoms with Gasteiger partial charge in [-0.25, -0.2) is 0 Å². The molecule has 1 aromatic heterocycles. The third-order valence-electron chi connectivity index (χ3n) is 3.88. The van der Waals surface area contributed by atoms with Crippen LogP contribution in [0.4, 0.5) is 0 Å². The van der Waals surface area contributed by atoms with Crippen LogP contribution in [0.1, 0.15) is 26.3 Å². The maximum atomic E-state index is 4.65. The number of benzene rings is 2. The molecule has 0 saturated heterocycles. The second-order valence-corrected chi connectivity index (χ2v) is 6.59. The van der Waals surface area contributed by atoms with Crippen molar-refractivity contribution in [3.8, 4) is 22.4 Å². The van der Waals surface area contributed by atoms with Gasteiger partial charge in [-0.3, -0.25) is 4.98 Å². The number of hydrogen-bond donors (Lipinski definition) is 0. The van der Waals surface area contributed by atoms with Crippen LogP contribution in [-0.2, 0) is 5.41 Å². The van der Waals surface area contributed by atoms with Gasteiger partial charge in [0.05, 0.1) is 5.69 Å². The Morgan fingerprint density at radius 1 is 0.682 bits per heavy atom. The molecule has 22 heavy (non-hydrogen) atoms. The van der Waals surface area contributed by atoms with E-state index in [0.717, 1.165) is 11.3 Å². The van der Waals surface area contributed by atoms with E-state index >= 15 is 0 Å². The zero-order chi connectivity index (χ0) is 15.6. The largest absolute Gasteiger partial charge is 0.256 e. The number of hydrogen-bond acceptors (Lipinski definition) is 1. The maximum Gasteiger partial charge on any atom is 0.0702 e. The number of rotatable bonds is 2. The molecule has 0 fully saturated rings. The first-order valence-corrected chi connectivity index (χ1v) is 7.67. The van der Waals surface area contributed by atoms with Crippen LogP contribution >= 0.6 is 0 Å². The highest BCUT2D eigenvalue weighted by Crippen LogP contribution is 2.33. The molecule has 0 bridgehead atoms. The van der Waals surface area contributed by atoms with Crippen LogP contribution in [0.25, 0.3) is 22.4 Å². The van der Waals surface area contributed by atoms with Crippen LogP contribution in [0.5, 0.6) is 0 Å². The second-order valence-electron chi connectivity index (χ2n) is 6.59. The molecule has 0 atom stereocenters. The smallest absolute Gasteiger partial charge is 0.0702 e. The molecule has 0 unspecified atom stereocenters. The molecule has 1 nitrogen and oxygen atoms in total. The zero-order valence-corrected chi connectivity index (χ0v) is 13.4. The lowest BCUT2D eigenvalue weighted by atomic mass is 9.82. The highest BCUT2D eigenvalue weighted by atomic mass is 14.7. The topological polar surface area (TPSA) is 12.9 Å². The third-order valence-corrected chi connectivity index (χ3v) is 3.88. The van der Waals surface area contributed by atoms with E-state index in [9.17, 15) is 0 Å². The van der Waals surface area contributed by atoms with Crippen molar-refractivity contribution in [2.45, 2.75) is 26.2 Å². The molecule has 3 rings (SSSR count). The number of nitrogens with zero attached hydrogens (tertiary/aromatic N) is 1. The van der Waals surface area contributed by atoms with Gasteiger partial charge in [0.1, 0.15) is 0 Å². The van der Waals surface area contributed by atoms with E-state index in [1.807, 2.05) is 24.4 Å². The fraction of sp³-hybridized carbons (Fsp3) is 0.190. The molecule has 0 aliphatic rings. The van der Waals surface area contributed by atoms with Crippen LogP contribution in [0, 0.1) is 0 Å². The van der Waals surface area contributed by atoms with Crippen molar-refractivity contribution in [3.63, 3.8) is 0 Å². The zero-order valence-electron chi connectivity index (χ0n) is 13.4. The average Bonchev–Trinajstić information content (AvgIpc) is 2.55. The predicted molar refractivity (Wildman–Crippen MR) is 93.8 cm³/mol. The Morgan fingerprint density at radius 3 is 2.00 bits per heavy atom. The summed E-state index contributed by atoms with van der Waals surface area (Å²) < 4.78 is 0. The van der Waals surface area contributed by atoms with Gasteiger partial charge in [0.2, 0.25) is 0 Å². The van der Waals surface area contributed by atoms with Crippen LogP contribution in [0.2, 0.25) is 0 Å². The summed E-state index contributed by atoms with van der Waals surface area (Å²) in [6.45, 7) is 6.74. The average molecular weight is 287 g/mol. The molecule has 0 aliphatic carbocycles. The molecule has 0 N–H and O–H groups in total. The minimum atomic E-state index is 0.120. The Labute approximate surface area is 132 Å². The summed E-state index contributed by atoms with van der Waals surface area (Å²) in [6, 6.07) is 23.1. The quantitative estimate of drug-likeness (QED) is 0.588. The van der Waals surface area contributed by atoms with Crippen molar-refractivity contribution in [2.24, 2.45) is 0 Å². The first-order chi connectivity index (χ1) is 10.6. The van der Waals surface area contributed by atoms with E-state index in [2.05, 4.69) is 74.3 Å². The highest BCUT2D eigenvalue weighted by molar-refractivity contribution is 5.70. The monoisotopic (exact) mass is 287 g/mol. The van der Waals surface area contributed by atoms with Gasteiger partial charge in [-0.1, -0.05) is 81.4 Å². The van der Waals surface area contributed by atoms with Crippen molar-refractivity contribution >= 4 is 0 Å². The summed E-state index contributed by atoms with van der Waals surface area (Å²) in [6.07, 6.45) is 1.98. The summed E-state index contributed by atoms with van der Waals surface area (Å²) in [4.78, 5) is 4.65. The summed E-state index contributed by atoms with van der Waals surface area (Å²) >= 11 is 0. The molecule has 1 heteroatoms. The molecule has 2 aromatic carbocycles. The summed E-state index contributed by atoms with van der Waals surface area (Å²) in [5, 5.41) is 0. The maximum absolute atomic E-state index is 4.65. The fourth-order valence-electron chi connectivity index (χ4n) is 2.72.